The maximum atomic E-state index is 15.9. The SMILES string of the molecule is Cc1cc2cc(c1F)[C@H](CC(=O)O)NC(=O)[C@@H](n1cc(CCN3CC(F)C3)c(C(F)(F)F)cc1=O)c1cc(ccc1Cl)COc1cccc(C)c1-2. The van der Waals surface area contributed by atoms with Crippen molar-refractivity contribution in [1.29, 1.82) is 0 Å². The summed E-state index contributed by atoms with van der Waals surface area (Å²) in [6, 6.07) is 10.1. The summed E-state index contributed by atoms with van der Waals surface area (Å²) in [7, 11) is 0. The number of carboxylic acid groups (broad SMARTS) is 1. The van der Waals surface area contributed by atoms with Crippen LogP contribution in [0.15, 0.2) is 65.6 Å². The van der Waals surface area contributed by atoms with Gasteiger partial charge in [-0.3, -0.25) is 23.9 Å². The van der Waals surface area contributed by atoms with E-state index >= 15 is 4.39 Å². The number of alkyl halides is 4. The summed E-state index contributed by atoms with van der Waals surface area (Å²) in [4.78, 5) is 41.8. The number of carboxylic acids is 1. The highest BCUT2D eigenvalue weighted by Gasteiger charge is 2.37. The number of nitrogens with zero attached hydrogens (tertiary/aromatic N) is 2. The van der Waals surface area contributed by atoms with Gasteiger partial charge in [0.15, 0.2) is 0 Å². The van der Waals surface area contributed by atoms with Gasteiger partial charge in [0.25, 0.3) is 5.56 Å². The van der Waals surface area contributed by atoms with Crippen LogP contribution in [0.25, 0.3) is 11.1 Å². The first-order valence-electron chi connectivity index (χ1n) is 16.1. The lowest BCUT2D eigenvalue weighted by Crippen LogP contribution is -2.49. The number of hydrogen-bond donors (Lipinski definition) is 2. The van der Waals surface area contributed by atoms with Crippen molar-refractivity contribution in [2.24, 2.45) is 0 Å². The summed E-state index contributed by atoms with van der Waals surface area (Å²) in [6.45, 7) is 3.45. The highest BCUT2D eigenvalue weighted by molar-refractivity contribution is 6.31. The smallest absolute Gasteiger partial charge is 0.416 e. The minimum absolute atomic E-state index is 0.00657. The molecule has 3 heterocycles. The molecule has 0 spiro atoms. The Morgan fingerprint density at radius 3 is 2.47 bits per heavy atom. The average Bonchev–Trinajstić information content (AvgIpc) is 3.03. The molecule has 6 rings (SSSR count). The number of rotatable bonds is 6. The van der Waals surface area contributed by atoms with E-state index in [1.165, 1.54) is 25.1 Å². The van der Waals surface area contributed by atoms with Gasteiger partial charge in [0.2, 0.25) is 5.91 Å². The van der Waals surface area contributed by atoms with E-state index in [0.717, 1.165) is 16.3 Å². The second-order valence-electron chi connectivity index (χ2n) is 12.9. The van der Waals surface area contributed by atoms with Crippen LogP contribution in [0.3, 0.4) is 0 Å². The van der Waals surface area contributed by atoms with Crippen molar-refractivity contribution in [1.82, 2.24) is 14.8 Å². The first-order valence-corrected chi connectivity index (χ1v) is 16.5. The number of ether oxygens (including phenoxy) is 1. The quantitative estimate of drug-likeness (QED) is 0.209. The van der Waals surface area contributed by atoms with Gasteiger partial charge in [-0.15, -0.1) is 0 Å². The number of carbonyl (C=O) groups excluding carboxylic acids is 1. The minimum atomic E-state index is -4.92. The molecule has 0 radical (unpaired) electrons. The van der Waals surface area contributed by atoms with Crippen LogP contribution < -0.4 is 15.6 Å². The maximum Gasteiger partial charge on any atom is 0.416 e. The summed E-state index contributed by atoms with van der Waals surface area (Å²) in [6.07, 6.45) is -6.08. The van der Waals surface area contributed by atoms with Gasteiger partial charge in [0.1, 0.15) is 30.4 Å². The number of carbonyl (C=O) groups is 2. The van der Waals surface area contributed by atoms with Crippen LogP contribution in [0.4, 0.5) is 22.0 Å². The topological polar surface area (TPSA) is 101 Å². The summed E-state index contributed by atoms with van der Waals surface area (Å²) in [5, 5.41) is 12.4. The first kappa shape index (κ1) is 36.1. The molecule has 1 fully saturated rings. The molecule has 51 heavy (non-hydrogen) atoms. The van der Waals surface area contributed by atoms with Gasteiger partial charge in [0, 0.05) is 53.6 Å². The van der Waals surface area contributed by atoms with Crippen molar-refractivity contribution in [3.8, 4) is 16.9 Å². The van der Waals surface area contributed by atoms with Crippen LogP contribution in [-0.4, -0.2) is 52.3 Å². The number of halogens is 6. The van der Waals surface area contributed by atoms with Gasteiger partial charge >= 0.3 is 12.1 Å². The molecule has 0 unspecified atom stereocenters. The minimum Gasteiger partial charge on any atom is -0.488 e. The third kappa shape index (κ3) is 7.50. The van der Waals surface area contributed by atoms with E-state index in [-0.39, 0.29) is 59.9 Å². The van der Waals surface area contributed by atoms with Gasteiger partial charge in [-0.2, -0.15) is 13.2 Å². The summed E-state index contributed by atoms with van der Waals surface area (Å²) < 4.78 is 79.1. The van der Waals surface area contributed by atoms with Crippen molar-refractivity contribution in [3.63, 3.8) is 0 Å². The maximum absolute atomic E-state index is 15.9. The van der Waals surface area contributed by atoms with Gasteiger partial charge in [-0.1, -0.05) is 29.8 Å². The zero-order valence-corrected chi connectivity index (χ0v) is 28.2. The van der Waals surface area contributed by atoms with E-state index in [1.807, 2.05) is 13.0 Å². The number of hydrogen-bond acceptors (Lipinski definition) is 5. The average molecular weight is 730 g/mol. The van der Waals surface area contributed by atoms with E-state index in [9.17, 15) is 37.1 Å². The molecule has 268 valence electrons. The molecule has 8 nitrogen and oxygen atoms in total. The molecule has 4 aromatic rings. The molecule has 2 atom stereocenters. The molecular weight excluding hydrogens is 697 g/mol. The lowest BCUT2D eigenvalue weighted by Gasteiger charge is -2.34. The van der Waals surface area contributed by atoms with E-state index in [0.29, 0.717) is 28.5 Å². The van der Waals surface area contributed by atoms with E-state index in [1.54, 1.807) is 29.2 Å². The van der Waals surface area contributed by atoms with Crippen LogP contribution in [0.2, 0.25) is 5.02 Å². The predicted octanol–water partition coefficient (Wildman–Crippen LogP) is 6.95. The first-order chi connectivity index (χ1) is 24.1. The third-order valence-electron chi connectivity index (χ3n) is 9.23. The number of aryl methyl sites for hydroxylation is 2. The Labute approximate surface area is 294 Å². The Kier molecular flexibility index (Phi) is 9.97. The standard InChI is InChI=1S/C37H33ClF5N3O5/c1-19-4-3-5-30-33(19)23-10-20(2)34(40)26(12-23)29(14-32(48)49)44-36(50)35(25-11-21(18-51-30)6-7-28(25)38)46-15-22(8-9-45-16-24(39)17-45)27(13-31(46)47)37(41,42)43/h3-7,10-13,15,24,29,35H,8-9,14,16-18H2,1-2H3,(H,44,50)(H,48,49)/t29-,35-/m0/s1. The van der Waals surface area contributed by atoms with E-state index in [4.69, 9.17) is 16.3 Å². The Balaban J connectivity index is 1.56. The number of fused-ring (bicyclic) bond motifs is 6. The predicted molar refractivity (Wildman–Crippen MR) is 179 cm³/mol. The van der Waals surface area contributed by atoms with Crippen LogP contribution >= 0.6 is 11.6 Å². The van der Waals surface area contributed by atoms with Crippen LogP contribution in [0, 0.1) is 19.7 Å². The molecular formula is C37H33ClF5N3O5. The fourth-order valence-electron chi connectivity index (χ4n) is 6.69. The highest BCUT2D eigenvalue weighted by atomic mass is 35.5. The number of aliphatic carboxylic acids is 1. The second-order valence-corrected chi connectivity index (χ2v) is 13.3. The van der Waals surface area contributed by atoms with Crippen molar-refractivity contribution < 1.29 is 41.4 Å². The molecule has 0 aliphatic carbocycles. The molecule has 1 aromatic heterocycles. The van der Waals surface area contributed by atoms with Crippen LogP contribution in [-0.2, 0) is 28.8 Å². The molecule has 3 aromatic carbocycles. The van der Waals surface area contributed by atoms with Crippen molar-refractivity contribution >= 4 is 23.5 Å². The number of likely N-dealkylation sites (tertiary alicyclic amines) is 1. The van der Waals surface area contributed by atoms with Gasteiger partial charge in [-0.05, 0) is 78.4 Å². The molecule has 4 bridgehead atoms. The lowest BCUT2D eigenvalue weighted by atomic mass is 9.91. The molecule has 2 N–H and O–H groups in total. The normalized spacial score (nSPS) is 18.2. The van der Waals surface area contributed by atoms with Crippen molar-refractivity contribution in [2.75, 3.05) is 19.6 Å². The van der Waals surface area contributed by atoms with Crippen molar-refractivity contribution in [2.45, 2.75) is 57.7 Å². The monoisotopic (exact) mass is 729 g/mol. The molecule has 2 aliphatic rings. The third-order valence-corrected chi connectivity index (χ3v) is 9.58. The van der Waals surface area contributed by atoms with Crippen LogP contribution in [0.5, 0.6) is 5.75 Å². The number of amides is 1. The largest absolute Gasteiger partial charge is 0.488 e. The molecule has 0 saturated carbocycles. The molecule has 2 aliphatic heterocycles. The fraction of sp³-hybridized carbons (Fsp3) is 0.324. The summed E-state index contributed by atoms with van der Waals surface area (Å²) >= 11 is 6.64. The van der Waals surface area contributed by atoms with Crippen LogP contribution in [0.1, 0.15) is 57.4 Å². The zero-order valence-electron chi connectivity index (χ0n) is 27.5. The van der Waals surface area contributed by atoms with Gasteiger partial charge in [-0.25, -0.2) is 8.78 Å². The summed E-state index contributed by atoms with van der Waals surface area (Å²) in [5.41, 5.74) is -0.328. The Morgan fingerprint density at radius 1 is 1.04 bits per heavy atom. The number of nitrogens with one attached hydrogen (secondary N) is 1. The zero-order chi connectivity index (χ0) is 36.8. The van der Waals surface area contributed by atoms with E-state index < -0.39 is 59.7 Å². The fourth-order valence-corrected chi connectivity index (χ4v) is 6.91. The van der Waals surface area contributed by atoms with Gasteiger partial charge in [0.05, 0.1) is 18.0 Å². The Bertz CT molecular complexity index is 2080. The number of pyridine rings is 1. The molecule has 1 saturated heterocycles. The molecule has 1 amide bonds. The Hall–Kier alpha value is -4.75. The lowest BCUT2D eigenvalue weighted by molar-refractivity contribution is -0.139. The number of aromatic nitrogens is 1. The van der Waals surface area contributed by atoms with E-state index in [2.05, 4.69) is 5.32 Å². The van der Waals surface area contributed by atoms with Crippen molar-refractivity contribution in [3.05, 3.63) is 121 Å². The Morgan fingerprint density at radius 2 is 1.78 bits per heavy atom. The molecule has 14 heteroatoms. The number of benzene rings is 3. The van der Waals surface area contributed by atoms with Gasteiger partial charge < -0.3 is 15.2 Å². The second kappa shape index (κ2) is 14.1. The highest BCUT2D eigenvalue weighted by Crippen LogP contribution is 2.39. The summed E-state index contributed by atoms with van der Waals surface area (Å²) in [5.74, 6) is -2.75.